The van der Waals surface area contributed by atoms with Crippen molar-refractivity contribution in [3.05, 3.63) is 58.7 Å². The molecule has 0 saturated heterocycles. The summed E-state index contributed by atoms with van der Waals surface area (Å²) in [6, 6.07) is 12.1. The van der Waals surface area contributed by atoms with Crippen LogP contribution in [0.25, 0.3) is 0 Å². The predicted octanol–water partition coefficient (Wildman–Crippen LogP) is 3.22. The number of benzene rings is 2. The molecular weight excluding hydrogens is 362 g/mol. The van der Waals surface area contributed by atoms with Gasteiger partial charge in [0.25, 0.3) is 11.8 Å². The van der Waals surface area contributed by atoms with Gasteiger partial charge in [0, 0.05) is 11.4 Å². The van der Waals surface area contributed by atoms with E-state index in [2.05, 4.69) is 48.7 Å². The smallest absolute Gasteiger partial charge is 0.279 e. The van der Waals surface area contributed by atoms with E-state index in [-0.39, 0.29) is 24.9 Å². The van der Waals surface area contributed by atoms with Gasteiger partial charge >= 0.3 is 0 Å². The maximum atomic E-state index is 12.4. The molecule has 0 aliphatic carbocycles. The summed E-state index contributed by atoms with van der Waals surface area (Å²) in [5.41, 5.74) is 6.19. The molecule has 0 radical (unpaired) electrons. The lowest BCUT2D eigenvalue weighted by Crippen LogP contribution is -3.11. The molecule has 156 valence electrons. The number of amides is 2. The number of likely N-dealkylation sites (N-methyl/N-ethyl adjacent to an activating group) is 1. The number of rotatable bonds is 8. The quantitative estimate of drug-likeness (QED) is 0.642. The van der Waals surface area contributed by atoms with Gasteiger partial charge in [0.05, 0.1) is 7.05 Å². The minimum absolute atomic E-state index is 0.0942. The Morgan fingerprint density at radius 3 is 1.97 bits per heavy atom. The highest BCUT2D eigenvalue weighted by molar-refractivity contribution is 5.94. The average molecular weight is 397 g/mol. The number of nitrogens with one attached hydrogen (secondary N) is 3. The maximum absolute atomic E-state index is 12.4. The Hall–Kier alpha value is -2.66. The molecule has 0 aromatic heterocycles. The maximum Gasteiger partial charge on any atom is 0.279 e. The molecule has 0 saturated carbocycles. The first-order chi connectivity index (χ1) is 13.7. The predicted molar refractivity (Wildman–Crippen MR) is 120 cm³/mol. The first kappa shape index (κ1) is 22.6. The molecule has 0 bridgehead atoms. The van der Waals surface area contributed by atoms with Crippen LogP contribution in [0.15, 0.2) is 36.4 Å². The van der Waals surface area contributed by atoms with Crippen LogP contribution < -0.4 is 15.5 Å². The van der Waals surface area contributed by atoms with Crippen molar-refractivity contribution in [2.75, 3.05) is 30.8 Å². The summed E-state index contributed by atoms with van der Waals surface area (Å²) in [5, 5.41) is 5.90. The molecule has 0 fully saturated rings. The van der Waals surface area contributed by atoms with E-state index in [1.807, 2.05) is 40.0 Å². The third kappa shape index (κ3) is 6.71. The number of hydrogen-bond acceptors (Lipinski definition) is 2. The third-order valence-electron chi connectivity index (χ3n) is 5.24. The Morgan fingerprint density at radius 2 is 1.45 bits per heavy atom. The van der Waals surface area contributed by atoms with Gasteiger partial charge in [0.1, 0.15) is 0 Å². The van der Waals surface area contributed by atoms with Gasteiger partial charge in [-0.05, 0) is 61.9 Å². The minimum Gasteiger partial charge on any atom is -0.322 e. The monoisotopic (exact) mass is 396 g/mol. The van der Waals surface area contributed by atoms with Gasteiger partial charge in [0.15, 0.2) is 13.1 Å². The van der Waals surface area contributed by atoms with Crippen LogP contribution in [-0.2, 0) is 9.59 Å². The first-order valence-electron chi connectivity index (χ1n) is 10.3. The summed E-state index contributed by atoms with van der Waals surface area (Å²) in [4.78, 5) is 25.6. The zero-order valence-corrected chi connectivity index (χ0v) is 18.5. The number of carbonyl (C=O) groups excluding carboxylic acids is 2. The highest BCUT2D eigenvalue weighted by Gasteiger charge is 2.16. The van der Waals surface area contributed by atoms with E-state index in [0.29, 0.717) is 5.92 Å². The minimum atomic E-state index is -0.103. The summed E-state index contributed by atoms with van der Waals surface area (Å²) >= 11 is 0. The van der Waals surface area contributed by atoms with Gasteiger partial charge in [-0.3, -0.25) is 9.59 Å². The SMILES string of the molecule is CC[C@H](C)c1ccc(NC(=O)C[NH+](C)CC(=O)Nc2c(C)cc(C)cc2C)cc1. The molecule has 5 heteroatoms. The van der Waals surface area contributed by atoms with E-state index in [4.69, 9.17) is 0 Å². The van der Waals surface area contributed by atoms with E-state index >= 15 is 0 Å². The molecule has 2 atom stereocenters. The summed E-state index contributed by atoms with van der Waals surface area (Å²) in [5.74, 6) is 0.312. The van der Waals surface area contributed by atoms with Crippen LogP contribution >= 0.6 is 0 Å². The molecule has 0 spiro atoms. The highest BCUT2D eigenvalue weighted by Crippen LogP contribution is 2.22. The highest BCUT2D eigenvalue weighted by atomic mass is 16.2. The number of aryl methyl sites for hydroxylation is 3. The summed E-state index contributed by atoms with van der Waals surface area (Å²) in [7, 11) is 1.85. The van der Waals surface area contributed by atoms with Crippen molar-refractivity contribution in [3.63, 3.8) is 0 Å². The third-order valence-corrected chi connectivity index (χ3v) is 5.24. The fourth-order valence-electron chi connectivity index (χ4n) is 3.51. The van der Waals surface area contributed by atoms with E-state index < -0.39 is 0 Å². The van der Waals surface area contributed by atoms with Gasteiger partial charge < -0.3 is 15.5 Å². The molecule has 0 heterocycles. The number of quaternary nitrogens is 1. The van der Waals surface area contributed by atoms with Crippen molar-refractivity contribution in [1.82, 2.24) is 0 Å². The Kier molecular flexibility index (Phi) is 7.97. The molecule has 2 aromatic carbocycles. The molecule has 5 nitrogen and oxygen atoms in total. The molecule has 2 amide bonds. The van der Waals surface area contributed by atoms with Gasteiger partial charge in [-0.15, -0.1) is 0 Å². The number of hydrogen-bond donors (Lipinski definition) is 3. The Labute approximate surface area is 174 Å². The lowest BCUT2D eigenvalue weighted by atomic mass is 9.99. The van der Waals surface area contributed by atoms with E-state index in [1.165, 1.54) is 11.1 Å². The van der Waals surface area contributed by atoms with Crippen LogP contribution in [0.5, 0.6) is 0 Å². The molecule has 0 aliphatic heterocycles. The molecule has 3 N–H and O–H groups in total. The van der Waals surface area contributed by atoms with Crippen LogP contribution in [0.2, 0.25) is 0 Å². The lowest BCUT2D eigenvalue weighted by Gasteiger charge is -2.16. The standard InChI is InChI=1S/C24H33N3O2/c1-7-17(3)20-8-10-21(11-9-20)25-22(28)14-27(6)15-23(29)26-24-18(4)12-16(2)13-19(24)5/h8-13,17H,7,14-15H2,1-6H3,(H,25,28)(H,26,29)/p+1/t17-/m0/s1. The van der Waals surface area contributed by atoms with Crippen molar-refractivity contribution in [1.29, 1.82) is 0 Å². The van der Waals surface area contributed by atoms with Crippen LogP contribution in [0.4, 0.5) is 11.4 Å². The number of carbonyl (C=O) groups is 2. The van der Waals surface area contributed by atoms with Crippen molar-refractivity contribution >= 4 is 23.2 Å². The largest absolute Gasteiger partial charge is 0.322 e. The van der Waals surface area contributed by atoms with Crippen molar-refractivity contribution in [2.24, 2.45) is 0 Å². The Morgan fingerprint density at radius 1 is 0.931 bits per heavy atom. The van der Waals surface area contributed by atoms with Crippen LogP contribution in [0, 0.1) is 20.8 Å². The van der Waals surface area contributed by atoms with E-state index in [0.717, 1.165) is 33.8 Å². The Bertz CT molecular complexity index is 836. The molecular formula is C24H34N3O2+. The fourth-order valence-corrected chi connectivity index (χ4v) is 3.51. The summed E-state index contributed by atoms with van der Waals surface area (Å²) in [6.07, 6.45) is 1.09. The van der Waals surface area contributed by atoms with Gasteiger partial charge in [0.2, 0.25) is 0 Å². The average Bonchev–Trinajstić information content (AvgIpc) is 2.64. The molecule has 0 aliphatic rings. The number of anilines is 2. The molecule has 2 aromatic rings. The van der Waals surface area contributed by atoms with Crippen LogP contribution in [-0.4, -0.2) is 32.0 Å². The topological polar surface area (TPSA) is 62.6 Å². The molecule has 2 rings (SSSR count). The first-order valence-corrected chi connectivity index (χ1v) is 10.3. The second kappa shape index (κ2) is 10.2. The zero-order valence-electron chi connectivity index (χ0n) is 18.5. The second-order valence-electron chi connectivity index (χ2n) is 8.11. The fraction of sp³-hybridized carbons (Fsp3) is 0.417. The Balaban J connectivity index is 1.86. The summed E-state index contributed by atoms with van der Waals surface area (Å²) < 4.78 is 0. The second-order valence-corrected chi connectivity index (χ2v) is 8.11. The van der Waals surface area contributed by atoms with Crippen molar-refractivity contribution in [2.45, 2.75) is 47.0 Å². The summed E-state index contributed by atoms with van der Waals surface area (Å²) in [6.45, 7) is 10.8. The van der Waals surface area contributed by atoms with E-state index in [9.17, 15) is 9.59 Å². The zero-order chi connectivity index (χ0) is 21.6. The molecule has 29 heavy (non-hydrogen) atoms. The van der Waals surface area contributed by atoms with Crippen LogP contribution in [0.3, 0.4) is 0 Å². The van der Waals surface area contributed by atoms with Crippen molar-refractivity contribution < 1.29 is 14.5 Å². The van der Waals surface area contributed by atoms with E-state index in [1.54, 1.807) is 0 Å². The van der Waals surface area contributed by atoms with Gasteiger partial charge in [-0.25, -0.2) is 0 Å². The van der Waals surface area contributed by atoms with Crippen LogP contribution in [0.1, 0.15) is 48.4 Å². The molecule has 1 unspecified atom stereocenters. The van der Waals surface area contributed by atoms with Crippen molar-refractivity contribution in [3.8, 4) is 0 Å². The normalized spacial score (nSPS) is 12.9. The van der Waals surface area contributed by atoms with Gasteiger partial charge in [-0.1, -0.05) is 43.7 Å². The lowest BCUT2D eigenvalue weighted by molar-refractivity contribution is -0.862. The van der Waals surface area contributed by atoms with Gasteiger partial charge in [-0.2, -0.15) is 0 Å².